The minimum absolute atomic E-state index is 0.0741. The molecule has 0 aliphatic heterocycles. The number of pyridine rings is 1. The fourth-order valence-corrected chi connectivity index (χ4v) is 0.813. The van der Waals surface area contributed by atoms with Gasteiger partial charge in [0.1, 0.15) is 5.69 Å². The van der Waals surface area contributed by atoms with Gasteiger partial charge in [-0.05, 0) is 19.1 Å². The van der Waals surface area contributed by atoms with Crippen molar-refractivity contribution in [2.24, 2.45) is 0 Å². The molecule has 1 aromatic heterocycles. The van der Waals surface area contributed by atoms with Crippen molar-refractivity contribution in [1.29, 1.82) is 0 Å². The Morgan fingerprint density at radius 1 is 1.50 bits per heavy atom. The highest BCUT2D eigenvalue weighted by Gasteiger charge is 2.14. The third-order valence-electron chi connectivity index (χ3n) is 1.38. The molecule has 0 saturated heterocycles. The third-order valence-corrected chi connectivity index (χ3v) is 1.38. The minimum atomic E-state index is -1.97. The maximum absolute atomic E-state index is 10.9. The smallest absolute Gasteiger partial charge is 0.236 e. The first-order chi connectivity index (χ1) is 5.61. The Kier molecular flexibility index (Phi) is 2.52. The third kappa shape index (κ3) is 1.87. The molecule has 1 rings (SSSR count). The molecule has 0 spiro atoms. The Hall–Kier alpha value is -1.26. The molecule has 4 heteroatoms. The Morgan fingerprint density at radius 2 is 2.17 bits per heavy atom. The van der Waals surface area contributed by atoms with Crippen LogP contribution in [-0.2, 0) is 0 Å². The van der Waals surface area contributed by atoms with E-state index in [9.17, 15) is 4.79 Å². The summed E-state index contributed by atoms with van der Waals surface area (Å²) < 4.78 is 0. The number of hydrogen-bond donors (Lipinski definition) is 2. The summed E-state index contributed by atoms with van der Waals surface area (Å²) in [7, 11) is 0. The van der Waals surface area contributed by atoms with Gasteiger partial charge in [0.05, 0.1) is 0 Å². The number of ketones is 1. The van der Waals surface area contributed by atoms with Gasteiger partial charge in [0, 0.05) is 5.69 Å². The molecule has 2 N–H and O–H groups in total. The summed E-state index contributed by atoms with van der Waals surface area (Å²) in [5.74, 6) is -0.779. The molecule has 0 fully saturated rings. The first kappa shape index (κ1) is 8.83. The lowest BCUT2D eigenvalue weighted by molar-refractivity contribution is -0.0198. The maximum Gasteiger partial charge on any atom is 0.236 e. The average molecular weight is 167 g/mol. The molecule has 0 unspecified atom stereocenters. The predicted octanol–water partition coefficient (Wildman–Crippen LogP) is -0.117. The average Bonchev–Trinajstić information content (AvgIpc) is 2.03. The zero-order valence-electron chi connectivity index (χ0n) is 6.56. The Bertz CT molecular complexity index is 296. The van der Waals surface area contributed by atoms with Crippen LogP contribution in [-0.4, -0.2) is 27.3 Å². The summed E-state index contributed by atoms with van der Waals surface area (Å²) in [6, 6.07) is 4.80. The predicted molar refractivity (Wildman–Crippen MR) is 41.5 cm³/mol. The molecule has 1 heterocycles. The maximum atomic E-state index is 10.9. The molecular formula is C8H9NO3. The van der Waals surface area contributed by atoms with E-state index in [4.69, 9.17) is 10.2 Å². The fraction of sp³-hybridized carbons (Fsp3) is 0.250. The van der Waals surface area contributed by atoms with Gasteiger partial charge in [-0.1, -0.05) is 6.07 Å². The fourth-order valence-electron chi connectivity index (χ4n) is 0.813. The molecule has 0 bridgehead atoms. The van der Waals surface area contributed by atoms with Crippen molar-refractivity contribution < 1.29 is 15.0 Å². The first-order valence-corrected chi connectivity index (χ1v) is 3.45. The lowest BCUT2D eigenvalue weighted by Crippen LogP contribution is -2.20. The zero-order chi connectivity index (χ0) is 9.14. The van der Waals surface area contributed by atoms with Gasteiger partial charge in [0.15, 0.2) is 0 Å². The number of aromatic nitrogens is 1. The monoisotopic (exact) mass is 167 g/mol. The van der Waals surface area contributed by atoms with E-state index in [-0.39, 0.29) is 5.69 Å². The van der Waals surface area contributed by atoms with E-state index in [1.165, 1.54) is 6.07 Å². The highest BCUT2D eigenvalue weighted by atomic mass is 16.5. The highest BCUT2D eigenvalue weighted by Crippen LogP contribution is 2.00. The van der Waals surface area contributed by atoms with Crippen molar-refractivity contribution in [3.8, 4) is 0 Å². The van der Waals surface area contributed by atoms with E-state index >= 15 is 0 Å². The summed E-state index contributed by atoms with van der Waals surface area (Å²) in [4.78, 5) is 14.8. The van der Waals surface area contributed by atoms with Crippen molar-refractivity contribution in [2.45, 2.75) is 13.2 Å². The summed E-state index contributed by atoms with van der Waals surface area (Å²) >= 11 is 0. The summed E-state index contributed by atoms with van der Waals surface area (Å²) in [5.41, 5.74) is 0.742. The van der Waals surface area contributed by atoms with E-state index in [0.717, 1.165) is 0 Å². The van der Waals surface area contributed by atoms with Crippen LogP contribution in [0.1, 0.15) is 16.2 Å². The van der Waals surface area contributed by atoms with Gasteiger partial charge in [-0.25, -0.2) is 4.98 Å². The van der Waals surface area contributed by atoms with E-state index < -0.39 is 12.1 Å². The molecular weight excluding hydrogens is 158 g/mol. The summed E-state index contributed by atoms with van der Waals surface area (Å²) in [6.45, 7) is 1.72. The van der Waals surface area contributed by atoms with Crippen molar-refractivity contribution in [3.63, 3.8) is 0 Å². The number of rotatable bonds is 2. The van der Waals surface area contributed by atoms with Crippen LogP contribution in [0.2, 0.25) is 0 Å². The van der Waals surface area contributed by atoms with Crippen LogP contribution < -0.4 is 0 Å². The van der Waals surface area contributed by atoms with Gasteiger partial charge in [-0.15, -0.1) is 0 Å². The Morgan fingerprint density at radius 3 is 2.67 bits per heavy atom. The van der Waals surface area contributed by atoms with Gasteiger partial charge in [-0.2, -0.15) is 0 Å². The standard InChI is InChI=1S/C8H9NO3/c1-5-3-2-4-6(9-5)7(10)8(11)12/h2-4,8,11-12H,1H3. The van der Waals surface area contributed by atoms with E-state index in [0.29, 0.717) is 5.69 Å². The van der Waals surface area contributed by atoms with Crippen LogP contribution >= 0.6 is 0 Å². The van der Waals surface area contributed by atoms with Crippen LogP contribution in [0.25, 0.3) is 0 Å². The Labute approximate surface area is 69.5 Å². The molecule has 0 amide bonds. The van der Waals surface area contributed by atoms with Gasteiger partial charge in [-0.3, -0.25) is 4.79 Å². The number of aliphatic hydroxyl groups excluding tert-OH is 1. The van der Waals surface area contributed by atoms with E-state index in [2.05, 4.69) is 4.98 Å². The van der Waals surface area contributed by atoms with Crippen molar-refractivity contribution >= 4 is 5.78 Å². The largest absolute Gasteiger partial charge is 0.362 e. The molecule has 64 valence electrons. The van der Waals surface area contributed by atoms with Crippen LogP contribution in [0.3, 0.4) is 0 Å². The van der Waals surface area contributed by atoms with Gasteiger partial charge >= 0.3 is 0 Å². The highest BCUT2D eigenvalue weighted by molar-refractivity contribution is 5.96. The normalized spacial score (nSPS) is 10.3. The second-order valence-corrected chi connectivity index (χ2v) is 2.40. The molecule has 0 atom stereocenters. The topological polar surface area (TPSA) is 70.4 Å². The Balaban J connectivity index is 2.96. The summed E-state index contributed by atoms with van der Waals surface area (Å²) in [6.07, 6.45) is -1.97. The van der Waals surface area contributed by atoms with E-state index in [1.807, 2.05) is 0 Å². The quantitative estimate of drug-likeness (QED) is 0.476. The van der Waals surface area contributed by atoms with Crippen LogP contribution in [0.15, 0.2) is 18.2 Å². The van der Waals surface area contributed by atoms with Crippen LogP contribution in [0, 0.1) is 6.92 Å². The number of carbonyl (C=O) groups excluding carboxylic acids is 1. The lowest BCUT2D eigenvalue weighted by Gasteiger charge is -2.01. The van der Waals surface area contributed by atoms with Gasteiger partial charge in [0.2, 0.25) is 12.1 Å². The van der Waals surface area contributed by atoms with Crippen molar-refractivity contribution in [3.05, 3.63) is 29.6 Å². The van der Waals surface area contributed by atoms with Crippen molar-refractivity contribution in [2.75, 3.05) is 0 Å². The zero-order valence-corrected chi connectivity index (χ0v) is 6.56. The van der Waals surface area contributed by atoms with Crippen molar-refractivity contribution in [1.82, 2.24) is 4.98 Å². The molecule has 0 aliphatic rings. The molecule has 0 saturated carbocycles. The number of Topliss-reactive ketones (excluding diaryl/α,β-unsaturated/α-hetero) is 1. The molecule has 4 nitrogen and oxygen atoms in total. The first-order valence-electron chi connectivity index (χ1n) is 3.45. The van der Waals surface area contributed by atoms with Crippen LogP contribution in [0.5, 0.6) is 0 Å². The van der Waals surface area contributed by atoms with E-state index in [1.54, 1.807) is 19.1 Å². The molecule has 0 aliphatic carbocycles. The molecule has 0 aromatic carbocycles. The molecule has 12 heavy (non-hydrogen) atoms. The number of aryl methyl sites for hydroxylation is 1. The number of aliphatic hydroxyl groups is 2. The number of hydrogen-bond acceptors (Lipinski definition) is 4. The molecule has 1 aromatic rings. The number of carbonyl (C=O) groups is 1. The lowest BCUT2D eigenvalue weighted by atomic mass is 10.2. The number of nitrogens with zero attached hydrogens (tertiary/aromatic N) is 1. The van der Waals surface area contributed by atoms with Crippen LogP contribution in [0.4, 0.5) is 0 Å². The van der Waals surface area contributed by atoms with Gasteiger partial charge < -0.3 is 10.2 Å². The second kappa shape index (κ2) is 3.42. The van der Waals surface area contributed by atoms with Gasteiger partial charge in [0.25, 0.3) is 0 Å². The summed E-state index contributed by atoms with van der Waals surface area (Å²) in [5, 5.41) is 17.1. The SMILES string of the molecule is Cc1cccc(C(=O)C(O)O)n1. The molecule has 0 radical (unpaired) electrons. The minimum Gasteiger partial charge on any atom is -0.362 e. The second-order valence-electron chi connectivity index (χ2n) is 2.40.